The van der Waals surface area contributed by atoms with Crippen molar-refractivity contribution in [3.05, 3.63) is 59.7 Å². The third-order valence-corrected chi connectivity index (χ3v) is 5.18. The van der Waals surface area contributed by atoms with Gasteiger partial charge in [-0.25, -0.2) is 9.67 Å². The molecule has 1 saturated heterocycles. The third kappa shape index (κ3) is 2.63. The van der Waals surface area contributed by atoms with Crippen LogP contribution in [-0.4, -0.2) is 54.6 Å². The third-order valence-electron chi connectivity index (χ3n) is 5.18. The number of fused-ring (bicyclic) bond motifs is 1. The number of benzene rings is 1. The van der Waals surface area contributed by atoms with E-state index in [1.54, 1.807) is 16.9 Å². The van der Waals surface area contributed by atoms with Gasteiger partial charge >= 0.3 is 0 Å². The molecule has 1 aliphatic heterocycles. The summed E-state index contributed by atoms with van der Waals surface area (Å²) in [4.78, 5) is 6.81. The van der Waals surface area contributed by atoms with Crippen molar-refractivity contribution in [3.8, 4) is 5.69 Å². The van der Waals surface area contributed by atoms with E-state index >= 15 is 0 Å². The van der Waals surface area contributed by atoms with E-state index in [0.29, 0.717) is 25.4 Å². The summed E-state index contributed by atoms with van der Waals surface area (Å²) < 4.78 is 9.47. The van der Waals surface area contributed by atoms with Crippen LogP contribution in [0, 0.1) is 13.8 Å². The summed E-state index contributed by atoms with van der Waals surface area (Å²) in [5, 5.41) is 16.7. The average molecular weight is 376 g/mol. The first kappa shape index (κ1) is 16.8. The number of nitrogens with zero attached hydrogens (tertiary/aromatic N) is 8. The monoisotopic (exact) mass is 376 g/mol. The van der Waals surface area contributed by atoms with Crippen LogP contribution in [0.5, 0.6) is 0 Å². The molecule has 9 nitrogen and oxygen atoms in total. The molecule has 1 aromatic carbocycles. The van der Waals surface area contributed by atoms with Gasteiger partial charge in [-0.2, -0.15) is 9.61 Å². The van der Waals surface area contributed by atoms with Gasteiger partial charge in [0.25, 0.3) is 0 Å². The number of tetrazole rings is 1. The summed E-state index contributed by atoms with van der Waals surface area (Å²) in [5.41, 5.74) is 4.91. The van der Waals surface area contributed by atoms with Crippen molar-refractivity contribution in [1.82, 2.24) is 34.8 Å². The zero-order valence-corrected chi connectivity index (χ0v) is 15.7. The van der Waals surface area contributed by atoms with Gasteiger partial charge in [-0.3, -0.25) is 0 Å². The fraction of sp³-hybridized carbons (Fsp3) is 0.316. The highest BCUT2D eigenvalue weighted by Crippen LogP contribution is 2.34. The van der Waals surface area contributed by atoms with Gasteiger partial charge in [-0.1, -0.05) is 18.2 Å². The minimum absolute atomic E-state index is 0.0124. The van der Waals surface area contributed by atoms with Gasteiger partial charge in [0.1, 0.15) is 0 Å². The molecule has 5 rings (SSSR count). The van der Waals surface area contributed by atoms with E-state index in [0.717, 1.165) is 28.5 Å². The summed E-state index contributed by atoms with van der Waals surface area (Å²) in [6.45, 7) is 6.04. The number of rotatable bonds is 3. The molecule has 1 fully saturated rings. The topological polar surface area (TPSA) is 86.3 Å². The van der Waals surface area contributed by atoms with Gasteiger partial charge < -0.3 is 9.64 Å². The lowest BCUT2D eigenvalue weighted by molar-refractivity contribution is 0.0934. The van der Waals surface area contributed by atoms with E-state index in [-0.39, 0.29) is 6.04 Å². The molecule has 0 spiro atoms. The van der Waals surface area contributed by atoms with E-state index in [2.05, 4.69) is 44.5 Å². The largest absolute Gasteiger partial charge is 0.377 e. The minimum atomic E-state index is -0.0124. The molecule has 9 heteroatoms. The summed E-state index contributed by atoms with van der Waals surface area (Å²) in [6, 6.07) is 10.1. The molecule has 0 amide bonds. The number of hydrogen-bond donors (Lipinski definition) is 0. The molecule has 0 aliphatic carbocycles. The van der Waals surface area contributed by atoms with Crippen LogP contribution >= 0.6 is 0 Å². The van der Waals surface area contributed by atoms with E-state index in [9.17, 15) is 0 Å². The highest BCUT2D eigenvalue weighted by atomic mass is 16.5. The van der Waals surface area contributed by atoms with Crippen molar-refractivity contribution < 1.29 is 4.74 Å². The number of aryl methyl sites for hydroxylation is 1. The van der Waals surface area contributed by atoms with E-state index < -0.39 is 0 Å². The summed E-state index contributed by atoms with van der Waals surface area (Å²) in [7, 11) is 0. The Kier molecular flexibility index (Phi) is 4.01. The molecule has 4 heterocycles. The molecule has 1 aliphatic rings. The summed E-state index contributed by atoms with van der Waals surface area (Å²) in [6.07, 6.45) is 3.47. The van der Waals surface area contributed by atoms with Crippen LogP contribution in [0.25, 0.3) is 11.3 Å². The van der Waals surface area contributed by atoms with E-state index in [4.69, 9.17) is 9.84 Å². The first-order valence-corrected chi connectivity index (χ1v) is 9.22. The number of aromatic nitrogens is 7. The Labute approximate surface area is 161 Å². The van der Waals surface area contributed by atoms with Gasteiger partial charge in [-0.15, -0.1) is 5.10 Å². The Hall–Kier alpha value is -3.33. The fourth-order valence-electron chi connectivity index (χ4n) is 3.92. The van der Waals surface area contributed by atoms with E-state index in [1.807, 2.05) is 29.8 Å². The molecular formula is C19H20N8O. The normalized spacial score (nSPS) is 17.4. The highest BCUT2D eigenvalue weighted by molar-refractivity contribution is 5.64. The second-order valence-corrected chi connectivity index (χ2v) is 6.81. The SMILES string of the molecule is Cc1nn(-c2ccccc2)c(C)c1C1COCCN1c1nccn2nnnc12. The number of hydrogen-bond acceptors (Lipinski definition) is 7. The Bertz CT molecular complexity index is 1120. The van der Waals surface area contributed by atoms with Crippen LogP contribution in [0.4, 0.5) is 5.82 Å². The van der Waals surface area contributed by atoms with Crippen LogP contribution in [0.3, 0.4) is 0 Å². The average Bonchev–Trinajstić information content (AvgIpc) is 3.33. The molecular weight excluding hydrogens is 356 g/mol. The molecule has 0 N–H and O–H groups in total. The molecule has 3 aromatic heterocycles. The van der Waals surface area contributed by atoms with Gasteiger partial charge in [0, 0.05) is 24.0 Å². The van der Waals surface area contributed by atoms with Crippen molar-refractivity contribution in [1.29, 1.82) is 0 Å². The van der Waals surface area contributed by atoms with Crippen LogP contribution in [0.1, 0.15) is 23.0 Å². The molecule has 142 valence electrons. The van der Waals surface area contributed by atoms with Crippen molar-refractivity contribution >= 4 is 11.5 Å². The Balaban J connectivity index is 1.62. The Morgan fingerprint density at radius 1 is 1.14 bits per heavy atom. The predicted octanol–water partition coefficient (Wildman–Crippen LogP) is 1.90. The molecule has 28 heavy (non-hydrogen) atoms. The summed E-state index contributed by atoms with van der Waals surface area (Å²) in [5.74, 6) is 0.757. The van der Waals surface area contributed by atoms with Crippen LogP contribution in [0.2, 0.25) is 0 Å². The van der Waals surface area contributed by atoms with Crippen LogP contribution in [-0.2, 0) is 4.74 Å². The molecule has 0 bridgehead atoms. The highest BCUT2D eigenvalue weighted by Gasteiger charge is 2.32. The maximum absolute atomic E-state index is 5.84. The zero-order chi connectivity index (χ0) is 19.1. The first-order valence-electron chi connectivity index (χ1n) is 9.22. The van der Waals surface area contributed by atoms with Crippen LogP contribution in [0.15, 0.2) is 42.7 Å². The predicted molar refractivity (Wildman–Crippen MR) is 103 cm³/mol. The first-order chi connectivity index (χ1) is 13.7. The van der Waals surface area contributed by atoms with Crippen molar-refractivity contribution in [2.75, 3.05) is 24.7 Å². The molecule has 1 atom stereocenters. The lowest BCUT2D eigenvalue weighted by Crippen LogP contribution is -2.41. The summed E-state index contributed by atoms with van der Waals surface area (Å²) >= 11 is 0. The second-order valence-electron chi connectivity index (χ2n) is 6.81. The molecule has 4 aromatic rings. The van der Waals surface area contributed by atoms with Gasteiger partial charge in [-0.05, 0) is 36.4 Å². The van der Waals surface area contributed by atoms with Crippen molar-refractivity contribution in [2.45, 2.75) is 19.9 Å². The van der Waals surface area contributed by atoms with Crippen LogP contribution < -0.4 is 4.90 Å². The lowest BCUT2D eigenvalue weighted by Gasteiger charge is -2.36. The smallest absolute Gasteiger partial charge is 0.222 e. The zero-order valence-electron chi connectivity index (χ0n) is 15.7. The maximum Gasteiger partial charge on any atom is 0.222 e. The van der Waals surface area contributed by atoms with Gasteiger partial charge in [0.05, 0.1) is 36.8 Å². The van der Waals surface area contributed by atoms with Crippen molar-refractivity contribution in [2.24, 2.45) is 0 Å². The number of ether oxygens (including phenoxy) is 1. The number of morpholine rings is 1. The standard InChI is InChI=1S/C19H20N8O/c1-13-17(14(2)27(22-13)15-6-4-3-5-7-15)16-12-28-11-10-25(16)18-19-21-23-24-26(19)9-8-20-18/h3-9,16H,10-12H2,1-2H3. The van der Waals surface area contributed by atoms with E-state index in [1.165, 1.54) is 0 Å². The Morgan fingerprint density at radius 3 is 2.86 bits per heavy atom. The lowest BCUT2D eigenvalue weighted by atomic mass is 10.0. The fourth-order valence-corrected chi connectivity index (χ4v) is 3.92. The second kappa shape index (κ2) is 6.68. The molecule has 1 unspecified atom stereocenters. The van der Waals surface area contributed by atoms with Gasteiger partial charge in [0.2, 0.25) is 5.65 Å². The van der Waals surface area contributed by atoms with Gasteiger partial charge in [0.15, 0.2) is 5.82 Å². The Morgan fingerprint density at radius 2 is 2.00 bits per heavy atom. The molecule has 0 saturated carbocycles. The number of para-hydroxylation sites is 1. The minimum Gasteiger partial charge on any atom is -0.377 e. The maximum atomic E-state index is 5.84. The molecule has 0 radical (unpaired) electrons. The van der Waals surface area contributed by atoms with Crippen molar-refractivity contribution in [3.63, 3.8) is 0 Å². The quantitative estimate of drug-likeness (QED) is 0.540. The number of anilines is 1.